The van der Waals surface area contributed by atoms with Crippen molar-refractivity contribution in [3.8, 4) is 6.07 Å². The summed E-state index contributed by atoms with van der Waals surface area (Å²) < 4.78 is 55.4. The number of nitriles is 1. The Hall–Kier alpha value is -3.01. The molecule has 0 saturated heterocycles. The standard InChI is InChI=1S/C23H26N6O4S2/c1-15-3-5-19(6-4-15)35(32,33)29-10-8-20-22(25-14-26-23(20)29)28(2)18-12-17(13-18)27-34(30,31)21-11-16(21)7-9-24/h3-6,8,10,14,16-18,21,27H,7,11-13H2,1-2H3/t16?,17-,18+,21?. The van der Waals surface area contributed by atoms with E-state index < -0.39 is 25.3 Å². The quantitative estimate of drug-likeness (QED) is 0.483. The van der Waals surface area contributed by atoms with Gasteiger partial charge in [-0.05, 0) is 50.3 Å². The highest BCUT2D eigenvalue weighted by Gasteiger charge is 2.48. The first-order valence-corrected chi connectivity index (χ1v) is 14.4. The van der Waals surface area contributed by atoms with Gasteiger partial charge in [0, 0.05) is 31.7 Å². The molecule has 35 heavy (non-hydrogen) atoms. The molecule has 2 aliphatic rings. The number of fused-ring (bicyclic) bond motifs is 1. The summed E-state index contributed by atoms with van der Waals surface area (Å²) in [6, 6.07) is 10.3. The number of rotatable bonds is 8. The Bertz CT molecular complexity index is 1520. The minimum atomic E-state index is -3.82. The molecular weight excluding hydrogens is 488 g/mol. The van der Waals surface area contributed by atoms with Crippen molar-refractivity contribution in [3.05, 3.63) is 48.4 Å². The van der Waals surface area contributed by atoms with Crippen LogP contribution in [0, 0.1) is 24.2 Å². The van der Waals surface area contributed by atoms with Crippen LogP contribution in [0.2, 0.25) is 0 Å². The molecule has 0 amide bonds. The average Bonchev–Trinajstić information content (AvgIpc) is 3.44. The Morgan fingerprint density at radius 2 is 1.83 bits per heavy atom. The highest BCUT2D eigenvalue weighted by Crippen LogP contribution is 2.40. The fraction of sp³-hybridized carbons (Fsp3) is 0.435. The lowest BCUT2D eigenvalue weighted by Crippen LogP contribution is -2.53. The second-order valence-corrected chi connectivity index (χ2v) is 13.1. The van der Waals surface area contributed by atoms with E-state index in [0.717, 1.165) is 9.54 Å². The zero-order valence-corrected chi connectivity index (χ0v) is 21.0. The van der Waals surface area contributed by atoms with Gasteiger partial charge >= 0.3 is 0 Å². The summed E-state index contributed by atoms with van der Waals surface area (Å²) in [6.07, 6.45) is 4.86. The Kier molecular flexibility index (Phi) is 5.82. The summed E-state index contributed by atoms with van der Waals surface area (Å²) in [4.78, 5) is 10.8. The van der Waals surface area contributed by atoms with E-state index in [1.54, 1.807) is 30.3 Å². The van der Waals surface area contributed by atoms with E-state index in [1.807, 2.05) is 24.9 Å². The summed E-state index contributed by atoms with van der Waals surface area (Å²) in [5.41, 5.74) is 1.25. The lowest BCUT2D eigenvalue weighted by atomic mass is 9.86. The highest BCUT2D eigenvalue weighted by molar-refractivity contribution is 7.90. The van der Waals surface area contributed by atoms with E-state index in [1.165, 1.54) is 12.5 Å². The maximum absolute atomic E-state index is 13.2. The van der Waals surface area contributed by atoms with Crippen molar-refractivity contribution in [2.45, 2.75) is 54.8 Å². The van der Waals surface area contributed by atoms with Gasteiger partial charge in [-0.2, -0.15) is 5.26 Å². The number of anilines is 1. The van der Waals surface area contributed by atoms with Crippen LogP contribution in [-0.4, -0.2) is 55.2 Å². The highest BCUT2D eigenvalue weighted by atomic mass is 32.2. The van der Waals surface area contributed by atoms with Gasteiger partial charge in [0.1, 0.15) is 12.1 Å². The predicted octanol–water partition coefficient (Wildman–Crippen LogP) is 2.17. The molecule has 2 aromatic heterocycles. The lowest BCUT2D eigenvalue weighted by molar-refractivity contribution is 0.316. The number of aryl methyl sites for hydroxylation is 1. The molecule has 2 aliphatic carbocycles. The van der Waals surface area contributed by atoms with Crippen LogP contribution in [0.25, 0.3) is 11.0 Å². The Morgan fingerprint density at radius 3 is 2.51 bits per heavy atom. The van der Waals surface area contributed by atoms with Crippen LogP contribution in [0.1, 0.15) is 31.2 Å². The van der Waals surface area contributed by atoms with Gasteiger partial charge in [-0.1, -0.05) is 17.7 Å². The van der Waals surface area contributed by atoms with Crippen molar-refractivity contribution in [3.63, 3.8) is 0 Å². The van der Waals surface area contributed by atoms with Gasteiger partial charge in [0.25, 0.3) is 10.0 Å². The van der Waals surface area contributed by atoms with Crippen LogP contribution < -0.4 is 9.62 Å². The lowest BCUT2D eigenvalue weighted by Gasteiger charge is -2.42. The van der Waals surface area contributed by atoms with E-state index in [2.05, 4.69) is 14.7 Å². The molecule has 2 heterocycles. The SMILES string of the molecule is Cc1ccc(S(=O)(=O)n2ccc3c(N(C)[C@H]4C[C@@H](NS(=O)(=O)C5CC5CC#N)C4)ncnc32)cc1. The number of sulfonamides is 1. The largest absolute Gasteiger partial charge is 0.356 e. The third-order valence-electron chi connectivity index (χ3n) is 6.94. The van der Waals surface area contributed by atoms with E-state index in [0.29, 0.717) is 30.5 Å². The maximum Gasteiger partial charge on any atom is 0.269 e. The number of aromatic nitrogens is 3. The Balaban J connectivity index is 1.31. The van der Waals surface area contributed by atoms with Crippen LogP contribution in [-0.2, 0) is 20.0 Å². The minimum absolute atomic E-state index is 0.0481. The third-order valence-corrected chi connectivity index (χ3v) is 10.7. The summed E-state index contributed by atoms with van der Waals surface area (Å²) >= 11 is 0. The first kappa shape index (κ1) is 23.7. The normalized spacial score (nSPS) is 24.0. The third kappa shape index (κ3) is 4.28. The van der Waals surface area contributed by atoms with Gasteiger partial charge in [-0.3, -0.25) is 0 Å². The minimum Gasteiger partial charge on any atom is -0.356 e. The summed E-state index contributed by atoms with van der Waals surface area (Å²) in [5.74, 6) is 0.529. The van der Waals surface area contributed by atoms with Gasteiger partial charge in [0.15, 0.2) is 5.65 Å². The van der Waals surface area contributed by atoms with Gasteiger partial charge < -0.3 is 4.90 Å². The first-order chi connectivity index (χ1) is 16.6. The molecule has 0 radical (unpaired) electrons. The molecule has 0 aliphatic heterocycles. The molecular formula is C23H26N6O4S2. The molecule has 1 N–H and O–H groups in total. The molecule has 3 aromatic rings. The Labute approximate surface area is 204 Å². The topological polar surface area (TPSA) is 138 Å². The molecule has 10 nitrogen and oxygen atoms in total. The van der Waals surface area contributed by atoms with Crippen molar-refractivity contribution < 1.29 is 16.8 Å². The van der Waals surface area contributed by atoms with E-state index in [-0.39, 0.29) is 35.0 Å². The van der Waals surface area contributed by atoms with Crippen molar-refractivity contribution in [1.29, 1.82) is 5.26 Å². The second-order valence-electron chi connectivity index (χ2n) is 9.36. The van der Waals surface area contributed by atoms with Gasteiger partial charge in [0.05, 0.1) is 21.6 Å². The molecule has 1 aromatic carbocycles. The predicted molar refractivity (Wildman–Crippen MR) is 131 cm³/mol. The van der Waals surface area contributed by atoms with E-state index in [4.69, 9.17) is 5.26 Å². The maximum atomic E-state index is 13.2. The number of nitrogens with one attached hydrogen (secondary N) is 1. The monoisotopic (exact) mass is 514 g/mol. The van der Waals surface area contributed by atoms with E-state index >= 15 is 0 Å². The van der Waals surface area contributed by atoms with Gasteiger partial charge in [-0.15, -0.1) is 0 Å². The van der Waals surface area contributed by atoms with Crippen LogP contribution in [0.5, 0.6) is 0 Å². The van der Waals surface area contributed by atoms with Crippen molar-refractivity contribution in [2.24, 2.45) is 5.92 Å². The fourth-order valence-corrected chi connectivity index (χ4v) is 7.88. The van der Waals surface area contributed by atoms with Crippen LogP contribution in [0.4, 0.5) is 5.82 Å². The molecule has 0 spiro atoms. The molecule has 2 unspecified atom stereocenters. The van der Waals surface area contributed by atoms with Crippen molar-refractivity contribution in [1.82, 2.24) is 18.7 Å². The summed E-state index contributed by atoms with van der Waals surface area (Å²) in [6.45, 7) is 1.89. The van der Waals surface area contributed by atoms with Crippen LogP contribution in [0.3, 0.4) is 0 Å². The number of hydrogen-bond acceptors (Lipinski definition) is 8. The molecule has 2 fully saturated rings. The number of nitrogens with zero attached hydrogens (tertiary/aromatic N) is 5. The Morgan fingerprint density at radius 1 is 1.11 bits per heavy atom. The van der Waals surface area contributed by atoms with E-state index in [9.17, 15) is 16.8 Å². The second kappa shape index (κ2) is 8.58. The molecule has 12 heteroatoms. The smallest absolute Gasteiger partial charge is 0.269 e. The molecule has 2 atom stereocenters. The summed E-state index contributed by atoms with van der Waals surface area (Å²) in [7, 11) is -5.38. The molecule has 184 valence electrons. The van der Waals surface area contributed by atoms with Gasteiger partial charge in [0.2, 0.25) is 10.0 Å². The van der Waals surface area contributed by atoms with Crippen molar-refractivity contribution >= 4 is 36.9 Å². The first-order valence-electron chi connectivity index (χ1n) is 11.4. The number of hydrogen-bond donors (Lipinski definition) is 1. The number of benzene rings is 1. The molecule has 2 saturated carbocycles. The summed E-state index contributed by atoms with van der Waals surface area (Å²) in [5, 5.41) is 8.92. The van der Waals surface area contributed by atoms with Crippen LogP contribution in [0.15, 0.2) is 47.8 Å². The average molecular weight is 515 g/mol. The zero-order valence-electron chi connectivity index (χ0n) is 19.4. The molecule has 0 bridgehead atoms. The fourth-order valence-electron chi connectivity index (χ4n) is 4.64. The molecule has 5 rings (SSSR count). The van der Waals surface area contributed by atoms with Crippen molar-refractivity contribution in [2.75, 3.05) is 11.9 Å². The zero-order chi connectivity index (χ0) is 25.0. The van der Waals surface area contributed by atoms with Crippen LogP contribution >= 0.6 is 0 Å². The van der Waals surface area contributed by atoms with Gasteiger partial charge in [-0.25, -0.2) is 35.5 Å².